The molecule has 0 radical (unpaired) electrons. The van der Waals surface area contributed by atoms with E-state index in [0.29, 0.717) is 19.5 Å². The molecule has 5 heteroatoms. The topological polar surface area (TPSA) is 64.9 Å². The molecule has 2 N–H and O–H groups in total. The maximum Gasteiger partial charge on any atom is 0.321 e. The first-order valence-electron chi connectivity index (χ1n) is 6.97. The molecule has 0 saturated carbocycles. The van der Waals surface area contributed by atoms with Crippen molar-refractivity contribution < 1.29 is 10.0 Å². The van der Waals surface area contributed by atoms with Gasteiger partial charge in [-0.1, -0.05) is 29.8 Å². The van der Waals surface area contributed by atoms with E-state index in [-0.39, 0.29) is 11.9 Å². The summed E-state index contributed by atoms with van der Waals surface area (Å²) >= 11 is 0. The van der Waals surface area contributed by atoms with E-state index in [2.05, 4.69) is 10.5 Å². The smallest absolute Gasteiger partial charge is 0.321 e. The minimum absolute atomic E-state index is 0.0932. The maximum atomic E-state index is 12.2. The van der Waals surface area contributed by atoms with Crippen LogP contribution in [-0.4, -0.2) is 34.9 Å². The number of rotatable bonds is 2. The third kappa shape index (κ3) is 3.29. The highest BCUT2D eigenvalue weighted by molar-refractivity contribution is 5.93. The van der Waals surface area contributed by atoms with Crippen LogP contribution in [0.25, 0.3) is 0 Å². The van der Waals surface area contributed by atoms with Crippen molar-refractivity contribution in [3.8, 4) is 0 Å². The molecule has 1 unspecified atom stereocenters. The summed E-state index contributed by atoms with van der Waals surface area (Å²) in [6.45, 7) is 5.25. The van der Waals surface area contributed by atoms with Gasteiger partial charge in [0.05, 0.1) is 5.71 Å². The Labute approximate surface area is 119 Å². The highest BCUT2D eigenvalue weighted by Gasteiger charge is 2.27. The van der Waals surface area contributed by atoms with Crippen molar-refractivity contribution in [3.05, 3.63) is 29.8 Å². The minimum atomic E-state index is -0.0932. The fourth-order valence-corrected chi connectivity index (χ4v) is 2.44. The van der Waals surface area contributed by atoms with Crippen LogP contribution in [0.2, 0.25) is 0 Å². The lowest BCUT2D eigenvalue weighted by atomic mass is 9.93. The molecule has 0 bridgehead atoms. The predicted octanol–water partition coefficient (Wildman–Crippen LogP) is 3.09. The number of aryl methyl sites for hydroxylation is 1. The number of anilines is 1. The van der Waals surface area contributed by atoms with E-state index < -0.39 is 0 Å². The molecular formula is C15H21N3O2. The minimum Gasteiger partial charge on any atom is -0.411 e. The van der Waals surface area contributed by atoms with Gasteiger partial charge in [0, 0.05) is 31.1 Å². The number of nitrogens with one attached hydrogen (secondary N) is 1. The van der Waals surface area contributed by atoms with E-state index in [4.69, 9.17) is 5.21 Å². The van der Waals surface area contributed by atoms with Gasteiger partial charge in [-0.15, -0.1) is 0 Å². The zero-order chi connectivity index (χ0) is 14.5. The highest BCUT2D eigenvalue weighted by atomic mass is 16.4. The molecule has 1 aliphatic rings. The standard InChI is InChI=1S/C15H21N3O2/c1-3-12-10-18(9-8-14(12)17-20)15(19)16-13-6-4-11(2)5-7-13/h4-7,12,20H,3,8-10H2,1-2H3,(H,16,19)/b17-14+. The largest absolute Gasteiger partial charge is 0.411 e. The maximum absolute atomic E-state index is 12.2. The lowest BCUT2D eigenvalue weighted by Crippen LogP contribution is -2.45. The first-order chi connectivity index (χ1) is 9.63. The predicted molar refractivity (Wildman–Crippen MR) is 79.4 cm³/mol. The number of carbonyl (C=O) groups is 1. The summed E-state index contributed by atoms with van der Waals surface area (Å²) in [7, 11) is 0. The average molecular weight is 275 g/mol. The number of likely N-dealkylation sites (tertiary alicyclic amines) is 1. The molecule has 2 rings (SSSR count). The van der Waals surface area contributed by atoms with Crippen LogP contribution >= 0.6 is 0 Å². The molecule has 108 valence electrons. The van der Waals surface area contributed by atoms with Crippen LogP contribution < -0.4 is 5.32 Å². The number of hydrogen-bond acceptors (Lipinski definition) is 3. The molecule has 1 aromatic rings. The molecule has 0 spiro atoms. The SMILES string of the molecule is CCC1CN(C(=O)Nc2ccc(C)cc2)CC/C1=N\O. The van der Waals surface area contributed by atoms with Gasteiger partial charge in [-0.3, -0.25) is 0 Å². The Bertz CT molecular complexity index is 496. The summed E-state index contributed by atoms with van der Waals surface area (Å²) in [6, 6.07) is 7.64. The summed E-state index contributed by atoms with van der Waals surface area (Å²) in [6.07, 6.45) is 1.50. The summed E-state index contributed by atoms with van der Waals surface area (Å²) in [5, 5.41) is 15.2. The summed E-state index contributed by atoms with van der Waals surface area (Å²) in [5.74, 6) is 0.150. The van der Waals surface area contributed by atoms with Crippen LogP contribution in [0.4, 0.5) is 10.5 Å². The highest BCUT2D eigenvalue weighted by Crippen LogP contribution is 2.18. The van der Waals surface area contributed by atoms with E-state index >= 15 is 0 Å². The van der Waals surface area contributed by atoms with Gasteiger partial charge in [0.1, 0.15) is 0 Å². The third-order valence-electron chi connectivity index (χ3n) is 3.76. The molecule has 20 heavy (non-hydrogen) atoms. The fourth-order valence-electron chi connectivity index (χ4n) is 2.44. The van der Waals surface area contributed by atoms with Crippen LogP contribution in [0.15, 0.2) is 29.4 Å². The Kier molecular flexibility index (Phi) is 4.61. The number of oxime groups is 1. The van der Waals surface area contributed by atoms with Crippen molar-refractivity contribution in [2.45, 2.75) is 26.7 Å². The van der Waals surface area contributed by atoms with Crippen LogP contribution in [-0.2, 0) is 0 Å². The second kappa shape index (κ2) is 6.41. The van der Waals surface area contributed by atoms with E-state index in [9.17, 15) is 4.79 Å². The fraction of sp³-hybridized carbons (Fsp3) is 0.467. The van der Waals surface area contributed by atoms with Crippen molar-refractivity contribution in [1.82, 2.24) is 4.90 Å². The normalized spacial score (nSPS) is 21.0. The van der Waals surface area contributed by atoms with Crippen LogP contribution in [0.1, 0.15) is 25.3 Å². The van der Waals surface area contributed by atoms with Gasteiger partial charge in [-0.25, -0.2) is 4.79 Å². The lowest BCUT2D eigenvalue weighted by molar-refractivity contribution is 0.200. The van der Waals surface area contributed by atoms with Gasteiger partial charge in [0.15, 0.2) is 0 Å². The quantitative estimate of drug-likeness (QED) is 0.643. The Morgan fingerprint density at radius 2 is 2.15 bits per heavy atom. The second-order valence-corrected chi connectivity index (χ2v) is 5.19. The molecule has 1 saturated heterocycles. The van der Waals surface area contributed by atoms with Crippen LogP contribution in [0.3, 0.4) is 0 Å². The van der Waals surface area contributed by atoms with E-state index in [1.807, 2.05) is 38.1 Å². The number of benzene rings is 1. The molecule has 1 fully saturated rings. The molecule has 1 aromatic carbocycles. The number of nitrogens with zero attached hydrogens (tertiary/aromatic N) is 2. The number of amides is 2. The molecule has 1 atom stereocenters. The molecule has 5 nitrogen and oxygen atoms in total. The molecule has 1 aliphatic heterocycles. The Morgan fingerprint density at radius 1 is 1.45 bits per heavy atom. The first-order valence-corrected chi connectivity index (χ1v) is 6.97. The lowest BCUT2D eigenvalue weighted by Gasteiger charge is -2.32. The molecular weight excluding hydrogens is 254 g/mol. The van der Waals surface area contributed by atoms with Crippen molar-refractivity contribution in [3.63, 3.8) is 0 Å². The van der Waals surface area contributed by atoms with Gasteiger partial charge < -0.3 is 15.4 Å². The summed E-state index contributed by atoms with van der Waals surface area (Å²) in [5.41, 5.74) is 2.76. The zero-order valence-corrected chi connectivity index (χ0v) is 12.0. The van der Waals surface area contributed by atoms with Crippen molar-refractivity contribution >= 4 is 17.4 Å². The average Bonchev–Trinajstić information content (AvgIpc) is 2.48. The van der Waals surface area contributed by atoms with E-state index in [1.54, 1.807) is 4.90 Å². The van der Waals surface area contributed by atoms with Crippen molar-refractivity contribution in [2.75, 3.05) is 18.4 Å². The number of hydrogen-bond donors (Lipinski definition) is 2. The number of piperidine rings is 1. The first kappa shape index (κ1) is 14.4. The second-order valence-electron chi connectivity index (χ2n) is 5.19. The Hall–Kier alpha value is -2.04. The number of urea groups is 1. The van der Waals surface area contributed by atoms with Gasteiger partial charge in [0.2, 0.25) is 0 Å². The zero-order valence-electron chi connectivity index (χ0n) is 12.0. The summed E-state index contributed by atoms with van der Waals surface area (Å²) < 4.78 is 0. The summed E-state index contributed by atoms with van der Waals surface area (Å²) in [4.78, 5) is 14.0. The monoisotopic (exact) mass is 275 g/mol. The van der Waals surface area contributed by atoms with Crippen LogP contribution in [0, 0.1) is 12.8 Å². The molecule has 2 amide bonds. The van der Waals surface area contributed by atoms with Gasteiger partial charge in [-0.05, 0) is 25.5 Å². The molecule has 0 aliphatic carbocycles. The Morgan fingerprint density at radius 3 is 2.75 bits per heavy atom. The molecule has 1 heterocycles. The third-order valence-corrected chi connectivity index (χ3v) is 3.76. The molecule has 0 aromatic heterocycles. The van der Waals surface area contributed by atoms with Gasteiger partial charge >= 0.3 is 6.03 Å². The van der Waals surface area contributed by atoms with Crippen molar-refractivity contribution in [2.24, 2.45) is 11.1 Å². The van der Waals surface area contributed by atoms with Crippen LogP contribution in [0.5, 0.6) is 0 Å². The number of carbonyl (C=O) groups excluding carboxylic acids is 1. The van der Waals surface area contributed by atoms with Crippen molar-refractivity contribution in [1.29, 1.82) is 0 Å². The van der Waals surface area contributed by atoms with E-state index in [0.717, 1.165) is 23.4 Å². The van der Waals surface area contributed by atoms with Gasteiger partial charge in [-0.2, -0.15) is 0 Å². The van der Waals surface area contributed by atoms with E-state index in [1.165, 1.54) is 0 Å². The van der Waals surface area contributed by atoms with Gasteiger partial charge in [0.25, 0.3) is 0 Å². The Balaban J connectivity index is 1.98.